The Morgan fingerprint density at radius 3 is 2.65 bits per heavy atom. The van der Waals surface area contributed by atoms with E-state index >= 15 is 0 Å². The molecule has 0 unspecified atom stereocenters. The Bertz CT molecular complexity index is 1240. The van der Waals surface area contributed by atoms with Crippen LogP contribution in [0.1, 0.15) is 16.8 Å². The Kier molecular flexibility index (Phi) is 6.47. The molecule has 31 heavy (non-hydrogen) atoms. The molecule has 0 radical (unpaired) electrons. The standard InChI is InChI=1S/C18H10BrClF3N5O3/c1-30-16-10(4-13(19)26-27-16)7-28-8-25-15(18(21,22)23)14(17(28)29)31-12-3-9(6-24)2-11(20)5-12/h2-5,8H,7H2,1H3. The summed E-state index contributed by atoms with van der Waals surface area (Å²) in [6.45, 7) is -0.226. The SMILES string of the molecule is COc1nnc(Br)cc1Cn1cnc(C(F)(F)F)c(Oc2cc(Cl)cc(C#N)c2)c1=O. The molecule has 0 bridgehead atoms. The van der Waals surface area contributed by atoms with E-state index in [0.29, 0.717) is 10.2 Å². The molecule has 0 aliphatic carbocycles. The largest absolute Gasteiger partial charge is 0.480 e. The summed E-state index contributed by atoms with van der Waals surface area (Å²) in [6.07, 6.45) is -4.23. The first-order valence-corrected chi connectivity index (χ1v) is 9.40. The molecule has 0 aliphatic rings. The first kappa shape index (κ1) is 22.5. The van der Waals surface area contributed by atoms with E-state index in [2.05, 4.69) is 31.1 Å². The maximum atomic E-state index is 13.5. The molecule has 2 heterocycles. The Hall–Kier alpha value is -3.17. The van der Waals surface area contributed by atoms with E-state index < -0.39 is 23.2 Å². The number of aromatic nitrogens is 4. The van der Waals surface area contributed by atoms with Gasteiger partial charge in [0.15, 0.2) is 5.69 Å². The highest BCUT2D eigenvalue weighted by Gasteiger charge is 2.38. The van der Waals surface area contributed by atoms with Gasteiger partial charge in [-0.05, 0) is 40.2 Å². The third kappa shape index (κ3) is 5.12. The summed E-state index contributed by atoms with van der Waals surface area (Å²) in [5.74, 6) is -1.22. The van der Waals surface area contributed by atoms with E-state index in [0.717, 1.165) is 17.0 Å². The highest BCUT2D eigenvalue weighted by atomic mass is 79.9. The molecule has 0 saturated carbocycles. The highest BCUT2D eigenvalue weighted by Crippen LogP contribution is 2.35. The van der Waals surface area contributed by atoms with Gasteiger partial charge in [-0.25, -0.2) is 4.98 Å². The normalized spacial score (nSPS) is 11.1. The molecular formula is C18H10BrClF3N5O3. The molecule has 0 amide bonds. The third-order valence-corrected chi connectivity index (χ3v) is 4.43. The minimum Gasteiger partial charge on any atom is -0.480 e. The van der Waals surface area contributed by atoms with Crippen LogP contribution >= 0.6 is 27.5 Å². The van der Waals surface area contributed by atoms with Gasteiger partial charge in [0, 0.05) is 10.6 Å². The molecule has 8 nitrogen and oxygen atoms in total. The molecule has 0 spiro atoms. The van der Waals surface area contributed by atoms with Crippen LogP contribution in [0.3, 0.4) is 0 Å². The Balaban J connectivity index is 2.12. The van der Waals surface area contributed by atoms with Crippen molar-refractivity contribution in [2.24, 2.45) is 0 Å². The topological polar surface area (TPSA) is 103 Å². The van der Waals surface area contributed by atoms with Crippen LogP contribution in [0.2, 0.25) is 5.02 Å². The lowest BCUT2D eigenvalue weighted by Crippen LogP contribution is -2.27. The minimum absolute atomic E-state index is 0.0396. The number of benzene rings is 1. The fraction of sp³-hybridized carbons (Fsp3) is 0.167. The van der Waals surface area contributed by atoms with E-state index in [1.807, 2.05) is 0 Å². The summed E-state index contributed by atoms with van der Waals surface area (Å²) in [6, 6.07) is 6.91. The van der Waals surface area contributed by atoms with Crippen LogP contribution in [-0.2, 0) is 12.7 Å². The van der Waals surface area contributed by atoms with E-state index in [1.54, 1.807) is 6.07 Å². The maximum Gasteiger partial charge on any atom is 0.437 e. The molecule has 0 saturated heterocycles. The van der Waals surface area contributed by atoms with E-state index in [-0.39, 0.29) is 28.8 Å². The van der Waals surface area contributed by atoms with Crippen molar-refractivity contribution in [3.05, 3.63) is 67.4 Å². The lowest BCUT2D eigenvalue weighted by Gasteiger charge is -2.15. The van der Waals surface area contributed by atoms with Gasteiger partial charge in [-0.3, -0.25) is 9.36 Å². The predicted molar refractivity (Wildman–Crippen MR) is 105 cm³/mol. The number of methoxy groups -OCH3 is 1. The second-order valence-electron chi connectivity index (χ2n) is 5.94. The Labute approximate surface area is 186 Å². The zero-order valence-electron chi connectivity index (χ0n) is 15.4. The van der Waals surface area contributed by atoms with Crippen molar-refractivity contribution in [1.82, 2.24) is 19.7 Å². The molecule has 0 aliphatic heterocycles. The summed E-state index contributed by atoms with van der Waals surface area (Å²) >= 11 is 9.00. The number of hydrogen-bond acceptors (Lipinski definition) is 7. The van der Waals surface area contributed by atoms with Crippen molar-refractivity contribution in [2.75, 3.05) is 7.11 Å². The number of alkyl halides is 3. The van der Waals surface area contributed by atoms with E-state index in [4.69, 9.17) is 26.3 Å². The zero-order chi connectivity index (χ0) is 22.8. The van der Waals surface area contributed by atoms with E-state index in [9.17, 15) is 18.0 Å². The fourth-order valence-electron chi connectivity index (χ4n) is 2.54. The van der Waals surface area contributed by atoms with Gasteiger partial charge < -0.3 is 9.47 Å². The average molecular weight is 517 g/mol. The van der Waals surface area contributed by atoms with Gasteiger partial charge >= 0.3 is 6.18 Å². The number of halogens is 5. The molecule has 2 aromatic heterocycles. The Morgan fingerprint density at radius 2 is 2.00 bits per heavy atom. The minimum atomic E-state index is -4.97. The lowest BCUT2D eigenvalue weighted by molar-refractivity contribution is -0.142. The number of ether oxygens (including phenoxy) is 2. The fourth-order valence-corrected chi connectivity index (χ4v) is 3.12. The van der Waals surface area contributed by atoms with Crippen molar-refractivity contribution < 1.29 is 22.6 Å². The summed E-state index contributed by atoms with van der Waals surface area (Å²) in [5.41, 5.74) is -2.24. The molecule has 1 aromatic carbocycles. The average Bonchev–Trinajstić information content (AvgIpc) is 2.69. The quantitative estimate of drug-likeness (QED) is 0.501. The number of hydrogen-bond donors (Lipinski definition) is 0. The highest BCUT2D eigenvalue weighted by molar-refractivity contribution is 9.10. The first-order valence-electron chi connectivity index (χ1n) is 8.23. The molecule has 0 fully saturated rings. The third-order valence-electron chi connectivity index (χ3n) is 3.82. The molecule has 13 heteroatoms. The maximum absolute atomic E-state index is 13.5. The van der Waals surface area contributed by atoms with E-state index in [1.165, 1.54) is 25.3 Å². The van der Waals surface area contributed by atoms with Crippen LogP contribution < -0.4 is 15.0 Å². The van der Waals surface area contributed by atoms with Crippen LogP contribution in [0.4, 0.5) is 13.2 Å². The van der Waals surface area contributed by atoms with Crippen molar-refractivity contribution in [1.29, 1.82) is 5.26 Å². The molecule has 160 valence electrons. The number of nitrogens with zero attached hydrogens (tertiary/aromatic N) is 5. The van der Waals surface area contributed by atoms with Gasteiger partial charge in [0.05, 0.1) is 31.6 Å². The van der Waals surface area contributed by atoms with Crippen LogP contribution in [0, 0.1) is 11.3 Å². The van der Waals surface area contributed by atoms with Gasteiger partial charge in [-0.15, -0.1) is 10.2 Å². The molecule has 0 N–H and O–H groups in total. The predicted octanol–water partition coefficient (Wildman–Crippen LogP) is 4.19. The monoisotopic (exact) mass is 515 g/mol. The van der Waals surface area contributed by atoms with Crippen molar-refractivity contribution in [2.45, 2.75) is 12.7 Å². The zero-order valence-corrected chi connectivity index (χ0v) is 17.8. The van der Waals surface area contributed by atoms with Crippen molar-refractivity contribution in [3.8, 4) is 23.4 Å². The first-order chi connectivity index (χ1) is 14.6. The molecule has 3 rings (SSSR count). The van der Waals surface area contributed by atoms with Crippen LogP contribution in [0.5, 0.6) is 17.4 Å². The van der Waals surface area contributed by atoms with Gasteiger partial charge in [0.1, 0.15) is 10.4 Å². The van der Waals surface area contributed by atoms with Gasteiger partial charge in [-0.2, -0.15) is 18.4 Å². The molecular weight excluding hydrogens is 507 g/mol. The number of rotatable bonds is 5. The summed E-state index contributed by atoms with van der Waals surface area (Å²) < 4.78 is 51.9. The molecule has 3 aromatic rings. The second kappa shape index (κ2) is 8.91. The van der Waals surface area contributed by atoms with Gasteiger partial charge in [0.25, 0.3) is 5.56 Å². The van der Waals surface area contributed by atoms with Crippen molar-refractivity contribution in [3.63, 3.8) is 0 Å². The Morgan fingerprint density at radius 1 is 1.26 bits per heavy atom. The van der Waals surface area contributed by atoms with Crippen LogP contribution in [0.25, 0.3) is 0 Å². The van der Waals surface area contributed by atoms with Crippen molar-refractivity contribution >= 4 is 27.5 Å². The summed E-state index contributed by atoms with van der Waals surface area (Å²) in [7, 11) is 1.33. The lowest BCUT2D eigenvalue weighted by atomic mass is 10.2. The summed E-state index contributed by atoms with van der Waals surface area (Å²) in [5, 5.41) is 16.6. The molecule has 0 atom stereocenters. The number of nitriles is 1. The van der Waals surface area contributed by atoms with Gasteiger partial charge in [-0.1, -0.05) is 11.6 Å². The summed E-state index contributed by atoms with van der Waals surface area (Å²) in [4.78, 5) is 16.3. The van der Waals surface area contributed by atoms with Crippen LogP contribution in [-0.4, -0.2) is 26.9 Å². The van der Waals surface area contributed by atoms with Gasteiger partial charge in [0.2, 0.25) is 11.6 Å². The second-order valence-corrected chi connectivity index (χ2v) is 7.19. The van der Waals surface area contributed by atoms with Crippen LogP contribution in [0.15, 0.2) is 40.0 Å². The smallest absolute Gasteiger partial charge is 0.437 e.